The van der Waals surface area contributed by atoms with Crippen molar-refractivity contribution >= 4 is 0 Å². The smallest absolute Gasteiger partial charge is 0.287 e. The molecule has 0 aliphatic heterocycles. The normalized spacial score (nSPS) is 12.1. The Kier molecular flexibility index (Phi) is 2.44. The summed E-state index contributed by atoms with van der Waals surface area (Å²) in [4.78, 5) is 9.40. The van der Waals surface area contributed by atoms with Gasteiger partial charge in [-0.25, -0.2) is 0 Å². The van der Waals surface area contributed by atoms with Gasteiger partial charge in [-0.3, -0.25) is 10.1 Å². The Morgan fingerprint density at radius 1 is 1.89 bits per heavy atom. The van der Waals surface area contributed by atoms with Crippen molar-refractivity contribution in [1.82, 2.24) is 0 Å². The molecule has 0 unspecified atom stereocenters. The van der Waals surface area contributed by atoms with Crippen molar-refractivity contribution in [3.05, 3.63) is 34.2 Å². The van der Waals surface area contributed by atoms with Crippen LogP contribution >= 0.6 is 0 Å². The van der Waals surface area contributed by atoms with Gasteiger partial charge in [0, 0.05) is 6.08 Å². The number of nitrogens with zero attached hydrogens (tertiary/aromatic N) is 1. The van der Waals surface area contributed by atoms with E-state index in [1.807, 2.05) is 0 Å². The first kappa shape index (κ1) is 7.68. The zero-order chi connectivity index (χ0) is 7.44. The fraction of sp³-hybridized carbons (Fsp3) is 0.200. The van der Waals surface area contributed by atoms with Gasteiger partial charge in [-0.1, -0.05) is 6.58 Å². The first-order valence-corrected chi connectivity index (χ1v) is 2.32. The van der Waals surface area contributed by atoms with Crippen molar-refractivity contribution in [3.63, 3.8) is 0 Å². The van der Waals surface area contributed by atoms with Crippen LogP contribution in [0.1, 0.15) is 6.92 Å². The average molecular weight is 128 g/mol. The minimum absolute atomic E-state index is 0.130. The standard InChI is InChI=1S/C5H8N2O2/c1-3-5(4(2)6)7(8)9/h3H,1,6H2,2H3/b5-4-. The molecule has 0 aromatic carbocycles. The van der Waals surface area contributed by atoms with Crippen LogP contribution in [0.15, 0.2) is 24.0 Å². The van der Waals surface area contributed by atoms with E-state index < -0.39 is 4.92 Å². The molecule has 0 saturated carbocycles. The second-order valence-corrected chi connectivity index (χ2v) is 1.53. The Labute approximate surface area is 52.8 Å². The van der Waals surface area contributed by atoms with E-state index in [4.69, 9.17) is 5.73 Å². The van der Waals surface area contributed by atoms with Crippen LogP contribution in [0.5, 0.6) is 0 Å². The molecule has 4 heteroatoms. The number of hydrogen-bond acceptors (Lipinski definition) is 3. The maximum atomic E-state index is 9.97. The number of nitro groups is 1. The Hall–Kier alpha value is -1.32. The topological polar surface area (TPSA) is 69.2 Å². The van der Waals surface area contributed by atoms with Crippen LogP contribution in [0, 0.1) is 10.1 Å². The summed E-state index contributed by atoms with van der Waals surface area (Å²) >= 11 is 0. The lowest BCUT2D eigenvalue weighted by molar-refractivity contribution is -0.420. The highest BCUT2D eigenvalue weighted by molar-refractivity contribution is 5.12. The first-order chi connectivity index (χ1) is 4.09. The van der Waals surface area contributed by atoms with E-state index in [2.05, 4.69) is 6.58 Å². The van der Waals surface area contributed by atoms with Crippen LogP contribution in [0.4, 0.5) is 0 Å². The number of rotatable bonds is 2. The maximum Gasteiger partial charge on any atom is 0.287 e. The highest BCUT2D eigenvalue weighted by atomic mass is 16.6. The molecule has 0 bridgehead atoms. The fourth-order valence-electron chi connectivity index (χ4n) is 0.380. The average Bonchev–Trinajstić information content (AvgIpc) is 1.64. The summed E-state index contributed by atoms with van der Waals surface area (Å²) in [5.74, 6) is 0. The summed E-state index contributed by atoms with van der Waals surface area (Å²) in [6, 6.07) is 0. The molecular weight excluding hydrogens is 120 g/mol. The molecule has 0 heterocycles. The van der Waals surface area contributed by atoms with Crippen molar-refractivity contribution in [2.75, 3.05) is 0 Å². The van der Waals surface area contributed by atoms with Crippen molar-refractivity contribution in [2.24, 2.45) is 5.73 Å². The van der Waals surface area contributed by atoms with Crippen molar-refractivity contribution in [1.29, 1.82) is 0 Å². The number of hydrogen-bond donors (Lipinski definition) is 1. The maximum absolute atomic E-state index is 9.97. The summed E-state index contributed by atoms with van der Waals surface area (Å²) in [6.45, 7) is 4.68. The molecule has 0 amide bonds. The molecule has 0 aromatic heterocycles. The molecule has 0 aliphatic rings. The summed E-state index contributed by atoms with van der Waals surface area (Å²) in [5, 5.41) is 9.97. The summed E-state index contributed by atoms with van der Waals surface area (Å²) < 4.78 is 0. The fourth-order valence-corrected chi connectivity index (χ4v) is 0.380. The molecule has 4 nitrogen and oxygen atoms in total. The van der Waals surface area contributed by atoms with Crippen LogP contribution in [-0.4, -0.2) is 4.92 Å². The SMILES string of the molecule is C=C/C(=C(\C)N)[N+](=O)[O-]. The van der Waals surface area contributed by atoms with Gasteiger partial charge in [-0.15, -0.1) is 0 Å². The molecule has 0 radical (unpaired) electrons. The predicted molar refractivity (Wildman–Crippen MR) is 34.1 cm³/mol. The molecule has 2 N–H and O–H groups in total. The first-order valence-electron chi connectivity index (χ1n) is 2.32. The van der Waals surface area contributed by atoms with Gasteiger partial charge >= 0.3 is 0 Å². The second kappa shape index (κ2) is 2.86. The molecule has 0 rings (SSSR count). The molecule has 0 saturated heterocycles. The van der Waals surface area contributed by atoms with Crippen LogP contribution in [0.2, 0.25) is 0 Å². The van der Waals surface area contributed by atoms with E-state index in [9.17, 15) is 10.1 Å². The van der Waals surface area contributed by atoms with Crippen LogP contribution in [-0.2, 0) is 0 Å². The van der Waals surface area contributed by atoms with Crippen molar-refractivity contribution in [3.8, 4) is 0 Å². The zero-order valence-corrected chi connectivity index (χ0v) is 5.13. The van der Waals surface area contributed by atoms with E-state index in [-0.39, 0.29) is 11.4 Å². The van der Waals surface area contributed by atoms with Crippen molar-refractivity contribution in [2.45, 2.75) is 6.92 Å². The Morgan fingerprint density at radius 2 is 2.33 bits per heavy atom. The number of allylic oxidation sites excluding steroid dienone is 2. The molecule has 0 atom stereocenters. The van der Waals surface area contributed by atoms with Crippen LogP contribution in [0.25, 0.3) is 0 Å². The molecule has 0 fully saturated rings. The minimum atomic E-state index is -0.567. The highest BCUT2D eigenvalue weighted by Crippen LogP contribution is 1.98. The zero-order valence-electron chi connectivity index (χ0n) is 5.13. The van der Waals surface area contributed by atoms with E-state index in [1.54, 1.807) is 0 Å². The quantitative estimate of drug-likeness (QED) is 0.337. The molecular formula is C5H8N2O2. The lowest BCUT2D eigenvalue weighted by atomic mass is 10.3. The summed E-state index contributed by atoms with van der Waals surface area (Å²) in [7, 11) is 0. The lowest BCUT2D eigenvalue weighted by Gasteiger charge is -1.90. The highest BCUT2D eigenvalue weighted by Gasteiger charge is 2.06. The monoisotopic (exact) mass is 128 g/mol. The Morgan fingerprint density at radius 3 is 2.33 bits per heavy atom. The van der Waals surface area contributed by atoms with Gasteiger partial charge in [-0.05, 0) is 6.92 Å². The van der Waals surface area contributed by atoms with E-state index in [0.29, 0.717) is 0 Å². The summed E-state index contributed by atoms with van der Waals surface area (Å²) in [6.07, 6.45) is 1.12. The van der Waals surface area contributed by atoms with E-state index in [1.165, 1.54) is 6.92 Å². The summed E-state index contributed by atoms with van der Waals surface area (Å²) in [5.41, 5.74) is 5.16. The number of nitrogens with two attached hydrogens (primary N) is 1. The van der Waals surface area contributed by atoms with Gasteiger partial charge in [0.15, 0.2) is 0 Å². The van der Waals surface area contributed by atoms with E-state index in [0.717, 1.165) is 6.08 Å². The molecule has 50 valence electrons. The third kappa shape index (κ3) is 1.94. The third-order valence-electron chi connectivity index (χ3n) is 0.794. The predicted octanol–water partition coefficient (Wildman–Crippen LogP) is 0.639. The van der Waals surface area contributed by atoms with Gasteiger partial charge in [0.2, 0.25) is 0 Å². The molecule has 0 aliphatic carbocycles. The van der Waals surface area contributed by atoms with Gasteiger partial charge in [0.05, 0.1) is 10.6 Å². The molecule has 0 spiro atoms. The van der Waals surface area contributed by atoms with Gasteiger partial charge < -0.3 is 5.73 Å². The molecule has 0 aromatic rings. The van der Waals surface area contributed by atoms with Gasteiger partial charge in [0.1, 0.15) is 0 Å². The minimum Gasteiger partial charge on any atom is -0.397 e. The van der Waals surface area contributed by atoms with Gasteiger partial charge in [0.25, 0.3) is 5.70 Å². The Balaban J connectivity index is 4.55. The molecule has 9 heavy (non-hydrogen) atoms. The lowest BCUT2D eigenvalue weighted by Crippen LogP contribution is -2.04. The largest absolute Gasteiger partial charge is 0.397 e. The van der Waals surface area contributed by atoms with Gasteiger partial charge in [-0.2, -0.15) is 0 Å². The second-order valence-electron chi connectivity index (χ2n) is 1.53. The van der Waals surface area contributed by atoms with Crippen LogP contribution in [0.3, 0.4) is 0 Å². The van der Waals surface area contributed by atoms with E-state index >= 15 is 0 Å². The Bertz CT molecular complexity index is 168. The third-order valence-corrected chi connectivity index (χ3v) is 0.794. The van der Waals surface area contributed by atoms with Crippen molar-refractivity contribution < 1.29 is 4.92 Å². The van der Waals surface area contributed by atoms with Crippen LogP contribution < -0.4 is 5.73 Å².